The molecule has 1 aliphatic heterocycles. The van der Waals surface area contributed by atoms with Crippen LogP contribution in [0, 0.1) is 0 Å². The van der Waals surface area contributed by atoms with Gasteiger partial charge in [0.25, 0.3) is 0 Å². The maximum absolute atomic E-state index is 12.9. The van der Waals surface area contributed by atoms with Gasteiger partial charge in [-0.1, -0.05) is 29.3 Å². The number of likely N-dealkylation sites (tertiary alicyclic amines) is 1. The lowest BCUT2D eigenvalue weighted by Gasteiger charge is -2.31. The molecule has 0 saturated carbocycles. The summed E-state index contributed by atoms with van der Waals surface area (Å²) in [7, 11) is 3.28. The molecule has 2 aromatic carbocycles. The number of nitrogens with one attached hydrogen (secondary N) is 1. The number of anilines is 1. The predicted octanol–water partition coefficient (Wildman–Crippen LogP) is 5.17. The molecular formula is C21H24Cl2N2O3. The SMILES string of the molecule is COc1ccc([C@H]2CCCN2[C@@H](C)C(=O)Nc2cc(Cl)ccc2Cl)c(OC)c1. The van der Waals surface area contributed by atoms with Gasteiger partial charge >= 0.3 is 0 Å². The Bertz CT molecular complexity index is 860. The molecule has 0 unspecified atom stereocenters. The number of rotatable bonds is 6. The predicted molar refractivity (Wildman–Crippen MR) is 113 cm³/mol. The molecule has 28 heavy (non-hydrogen) atoms. The molecule has 0 aromatic heterocycles. The van der Waals surface area contributed by atoms with Crippen molar-refractivity contribution in [2.45, 2.75) is 31.8 Å². The summed E-state index contributed by atoms with van der Waals surface area (Å²) in [5.41, 5.74) is 1.57. The number of methoxy groups -OCH3 is 2. The minimum Gasteiger partial charge on any atom is -0.497 e. The van der Waals surface area contributed by atoms with Crippen LogP contribution in [-0.2, 0) is 4.79 Å². The van der Waals surface area contributed by atoms with Crippen molar-refractivity contribution in [1.29, 1.82) is 0 Å². The van der Waals surface area contributed by atoms with Gasteiger partial charge in [-0.2, -0.15) is 0 Å². The fraction of sp³-hybridized carbons (Fsp3) is 0.381. The molecule has 1 heterocycles. The lowest BCUT2D eigenvalue weighted by atomic mass is 10.0. The third kappa shape index (κ3) is 4.37. The smallest absolute Gasteiger partial charge is 0.241 e. The molecule has 2 atom stereocenters. The highest BCUT2D eigenvalue weighted by atomic mass is 35.5. The van der Waals surface area contributed by atoms with Crippen LogP contribution < -0.4 is 14.8 Å². The average molecular weight is 423 g/mol. The van der Waals surface area contributed by atoms with E-state index in [9.17, 15) is 4.79 Å². The molecular weight excluding hydrogens is 399 g/mol. The maximum Gasteiger partial charge on any atom is 0.241 e. The largest absolute Gasteiger partial charge is 0.497 e. The Morgan fingerprint density at radius 1 is 1.18 bits per heavy atom. The number of halogens is 2. The molecule has 5 nitrogen and oxygen atoms in total. The van der Waals surface area contributed by atoms with Gasteiger partial charge in [0.15, 0.2) is 0 Å². The highest BCUT2D eigenvalue weighted by Gasteiger charge is 2.34. The molecule has 1 N–H and O–H groups in total. The van der Waals surface area contributed by atoms with Crippen molar-refractivity contribution in [2.24, 2.45) is 0 Å². The molecule has 1 fully saturated rings. The van der Waals surface area contributed by atoms with Crippen molar-refractivity contribution in [3.63, 3.8) is 0 Å². The van der Waals surface area contributed by atoms with Gasteiger partial charge in [0.1, 0.15) is 11.5 Å². The van der Waals surface area contributed by atoms with Crippen LogP contribution in [0.15, 0.2) is 36.4 Å². The molecule has 0 aliphatic carbocycles. The number of carbonyl (C=O) groups excluding carboxylic acids is 1. The Balaban J connectivity index is 1.80. The van der Waals surface area contributed by atoms with E-state index in [2.05, 4.69) is 10.2 Å². The summed E-state index contributed by atoms with van der Waals surface area (Å²) in [6.07, 6.45) is 1.97. The normalized spacial score (nSPS) is 18.0. The molecule has 0 bridgehead atoms. The Hall–Kier alpha value is -1.95. The summed E-state index contributed by atoms with van der Waals surface area (Å²) in [6.45, 7) is 2.74. The lowest BCUT2D eigenvalue weighted by molar-refractivity contribution is -0.121. The molecule has 2 aromatic rings. The van der Waals surface area contributed by atoms with Crippen molar-refractivity contribution in [2.75, 3.05) is 26.1 Å². The molecule has 1 amide bonds. The second-order valence-corrected chi connectivity index (χ2v) is 7.64. The second kappa shape index (κ2) is 9.03. The van der Waals surface area contributed by atoms with Crippen LogP contribution in [0.5, 0.6) is 11.5 Å². The van der Waals surface area contributed by atoms with Gasteiger partial charge in [-0.3, -0.25) is 9.69 Å². The van der Waals surface area contributed by atoms with E-state index < -0.39 is 0 Å². The standard InChI is InChI=1S/C21H24Cl2N2O3/c1-13(21(26)24-18-11-14(22)6-9-17(18)23)25-10-4-5-19(25)16-8-7-15(27-2)12-20(16)28-3/h6-9,11-13,19H,4-5,10H2,1-3H3,(H,24,26)/t13-,19+/m0/s1. The number of hydrogen-bond donors (Lipinski definition) is 1. The molecule has 150 valence electrons. The van der Waals surface area contributed by atoms with E-state index in [1.165, 1.54) is 0 Å². The third-order valence-corrected chi connectivity index (χ3v) is 5.72. The van der Waals surface area contributed by atoms with Crippen molar-refractivity contribution < 1.29 is 14.3 Å². The third-order valence-electron chi connectivity index (χ3n) is 5.16. The van der Waals surface area contributed by atoms with Gasteiger partial charge in [0, 0.05) is 22.7 Å². The fourth-order valence-corrected chi connectivity index (χ4v) is 4.00. The monoisotopic (exact) mass is 422 g/mol. The van der Waals surface area contributed by atoms with Gasteiger partial charge in [-0.05, 0) is 50.6 Å². The number of ether oxygens (including phenoxy) is 2. The maximum atomic E-state index is 12.9. The van der Waals surface area contributed by atoms with E-state index in [4.69, 9.17) is 32.7 Å². The van der Waals surface area contributed by atoms with Gasteiger partial charge in [-0.15, -0.1) is 0 Å². The topological polar surface area (TPSA) is 50.8 Å². The van der Waals surface area contributed by atoms with Crippen LogP contribution in [0.2, 0.25) is 10.0 Å². The van der Waals surface area contributed by atoms with Crippen molar-refractivity contribution in [3.8, 4) is 11.5 Å². The van der Waals surface area contributed by atoms with Crippen LogP contribution in [0.1, 0.15) is 31.4 Å². The van der Waals surface area contributed by atoms with E-state index in [0.29, 0.717) is 15.7 Å². The summed E-state index contributed by atoms with van der Waals surface area (Å²) >= 11 is 12.2. The minimum absolute atomic E-state index is 0.0939. The molecule has 1 aliphatic rings. The van der Waals surface area contributed by atoms with E-state index in [1.807, 2.05) is 25.1 Å². The average Bonchev–Trinajstić information content (AvgIpc) is 3.19. The lowest BCUT2D eigenvalue weighted by Crippen LogP contribution is -2.41. The van der Waals surface area contributed by atoms with Crippen LogP contribution in [0.4, 0.5) is 5.69 Å². The number of amides is 1. The van der Waals surface area contributed by atoms with E-state index >= 15 is 0 Å². The first-order valence-electron chi connectivity index (χ1n) is 9.18. The first kappa shape index (κ1) is 20.8. The van der Waals surface area contributed by atoms with Crippen molar-refractivity contribution >= 4 is 34.8 Å². The molecule has 1 saturated heterocycles. The highest BCUT2D eigenvalue weighted by Crippen LogP contribution is 2.40. The molecule has 3 rings (SSSR count). The number of carbonyl (C=O) groups is 1. The Kier molecular flexibility index (Phi) is 6.70. The highest BCUT2D eigenvalue weighted by molar-refractivity contribution is 6.35. The summed E-state index contributed by atoms with van der Waals surface area (Å²) in [6, 6.07) is 10.6. The van der Waals surface area contributed by atoms with Crippen LogP contribution in [0.3, 0.4) is 0 Å². The molecule has 7 heteroatoms. The van der Waals surface area contributed by atoms with Gasteiger partial charge in [0.05, 0.1) is 31.0 Å². The zero-order valence-electron chi connectivity index (χ0n) is 16.2. The van der Waals surface area contributed by atoms with E-state index in [0.717, 1.165) is 36.4 Å². The fourth-order valence-electron chi connectivity index (χ4n) is 3.66. The van der Waals surface area contributed by atoms with Gasteiger partial charge in [0.2, 0.25) is 5.91 Å². The summed E-state index contributed by atoms with van der Waals surface area (Å²) < 4.78 is 10.9. The first-order valence-corrected chi connectivity index (χ1v) is 9.93. The molecule has 0 radical (unpaired) electrons. The van der Waals surface area contributed by atoms with E-state index in [1.54, 1.807) is 32.4 Å². The Morgan fingerprint density at radius 3 is 2.68 bits per heavy atom. The zero-order valence-corrected chi connectivity index (χ0v) is 17.7. The Morgan fingerprint density at radius 2 is 1.96 bits per heavy atom. The second-order valence-electron chi connectivity index (χ2n) is 6.79. The van der Waals surface area contributed by atoms with E-state index in [-0.39, 0.29) is 18.0 Å². The number of hydrogen-bond acceptors (Lipinski definition) is 4. The van der Waals surface area contributed by atoms with Crippen LogP contribution in [0.25, 0.3) is 0 Å². The summed E-state index contributed by atoms with van der Waals surface area (Å²) in [5, 5.41) is 3.88. The van der Waals surface area contributed by atoms with Gasteiger partial charge < -0.3 is 14.8 Å². The van der Waals surface area contributed by atoms with Crippen molar-refractivity contribution in [3.05, 3.63) is 52.0 Å². The molecule has 0 spiro atoms. The first-order chi connectivity index (χ1) is 13.4. The zero-order chi connectivity index (χ0) is 20.3. The summed E-state index contributed by atoms with van der Waals surface area (Å²) in [5.74, 6) is 1.39. The summed E-state index contributed by atoms with van der Waals surface area (Å²) in [4.78, 5) is 15.1. The Labute approximate surface area is 175 Å². The van der Waals surface area contributed by atoms with Crippen LogP contribution >= 0.6 is 23.2 Å². The van der Waals surface area contributed by atoms with Gasteiger partial charge in [-0.25, -0.2) is 0 Å². The van der Waals surface area contributed by atoms with Crippen molar-refractivity contribution in [1.82, 2.24) is 4.90 Å². The minimum atomic E-state index is -0.339. The number of nitrogens with zero attached hydrogens (tertiary/aromatic N) is 1. The number of benzene rings is 2. The quantitative estimate of drug-likeness (QED) is 0.696. The van der Waals surface area contributed by atoms with Crippen LogP contribution in [-0.4, -0.2) is 37.6 Å².